The molecule has 5 nitrogen and oxygen atoms in total. The quantitative estimate of drug-likeness (QED) is 0.796. The predicted molar refractivity (Wildman–Crippen MR) is 75.6 cm³/mol. The Hall–Kier alpha value is -1.75. The van der Waals surface area contributed by atoms with Crippen molar-refractivity contribution in [2.24, 2.45) is 0 Å². The van der Waals surface area contributed by atoms with Gasteiger partial charge in [-0.2, -0.15) is 0 Å². The molecule has 0 bridgehead atoms. The fraction of sp³-hybridized carbons (Fsp3) is 0.500. The molecule has 0 atom stereocenters. The van der Waals surface area contributed by atoms with E-state index in [1.165, 1.54) is 0 Å². The zero-order valence-electron chi connectivity index (χ0n) is 11.6. The van der Waals surface area contributed by atoms with E-state index in [0.717, 1.165) is 12.2 Å². The summed E-state index contributed by atoms with van der Waals surface area (Å²) in [6, 6.07) is 7.03. The Morgan fingerprint density at radius 2 is 1.95 bits per heavy atom. The van der Waals surface area contributed by atoms with Gasteiger partial charge in [0.1, 0.15) is 5.75 Å². The molecule has 0 radical (unpaired) electrons. The molecule has 19 heavy (non-hydrogen) atoms. The highest BCUT2D eigenvalue weighted by Gasteiger charge is 2.11. The number of rotatable bonds is 7. The SMILES string of the molecule is CCCN(CCO)C(=O)Nc1ccc(OCC)cc1. The topological polar surface area (TPSA) is 61.8 Å². The molecule has 0 spiro atoms. The van der Waals surface area contributed by atoms with Crippen molar-refractivity contribution in [2.45, 2.75) is 20.3 Å². The van der Waals surface area contributed by atoms with E-state index in [4.69, 9.17) is 9.84 Å². The van der Waals surface area contributed by atoms with Crippen molar-refractivity contribution < 1.29 is 14.6 Å². The smallest absolute Gasteiger partial charge is 0.321 e. The maximum Gasteiger partial charge on any atom is 0.321 e. The van der Waals surface area contributed by atoms with Crippen molar-refractivity contribution in [1.29, 1.82) is 0 Å². The molecular weight excluding hydrogens is 244 g/mol. The second-order valence-electron chi connectivity index (χ2n) is 4.10. The molecule has 2 N–H and O–H groups in total. The van der Waals surface area contributed by atoms with Gasteiger partial charge in [0.2, 0.25) is 0 Å². The normalized spacial score (nSPS) is 10.1. The maximum absolute atomic E-state index is 12.0. The minimum absolute atomic E-state index is 0.0311. The lowest BCUT2D eigenvalue weighted by Gasteiger charge is -2.21. The van der Waals surface area contributed by atoms with Gasteiger partial charge in [-0.05, 0) is 37.6 Å². The van der Waals surface area contributed by atoms with Gasteiger partial charge in [-0.15, -0.1) is 0 Å². The Labute approximate surface area is 114 Å². The summed E-state index contributed by atoms with van der Waals surface area (Å²) in [5, 5.41) is 11.7. The van der Waals surface area contributed by atoms with Gasteiger partial charge in [0.05, 0.1) is 13.2 Å². The molecule has 0 heterocycles. The summed E-state index contributed by atoms with van der Waals surface area (Å²) in [6.45, 7) is 5.48. The lowest BCUT2D eigenvalue weighted by atomic mass is 10.3. The zero-order valence-corrected chi connectivity index (χ0v) is 11.6. The molecule has 0 unspecified atom stereocenters. The number of urea groups is 1. The van der Waals surface area contributed by atoms with Crippen LogP contribution in [0.2, 0.25) is 0 Å². The summed E-state index contributed by atoms with van der Waals surface area (Å²) in [4.78, 5) is 13.6. The van der Waals surface area contributed by atoms with Gasteiger partial charge >= 0.3 is 6.03 Å². The molecule has 0 saturated heterocycles. The second kappa shape index (κ2) is 8.37. The number of nitrogens with zero attached hydrogens (tertiary/aromatic N) is 1. The number of carbonyl (C=O) groups is 1. The minimum Gasteiger partial charge on any atom is -0.494 e. The van der Waals surface area contributed by atoms with Crippen LogP contribution in [-0.2, 0) is 0 Å². The summed E-state index contributed by atoms with van der Waals surface area (Å²) in [6.07, 6.45) is 0.858. The van der Waals surface area contributed by atoms with Crippen LogP contribution in [0.5, 0.6) is 5.75 Å². The lowest BCUT2D eigenvalue weighted by Crippen LogP contribution is -2.37. The zero-order chi connectivity index (χ0) is 14.1. The Balaban J connectivity index is 2.58. The average Bonchev–Trinajstić information content (AvgIpc) is 2.41. The predicted octanol–water partition coefficient (Wildman–Crippen LogP) is 2.32. The number of anilines is 1. The van der Waals surface area contributed by atoms with E-state index in [2.05, 4.69) is 5.32 Å². The first-order valence-electron chi connectivity index (χ1n) is 6.60. The van der Waals surface area contributed by atoms with Gasteiger partial charge in [0.25, 0.3) is 0 Å². The monoisotopic (exact) mass is 266 g/mol. The number of amides is 2. The third kappa shape index (κ3) is 5.18. The second-order valence-corrected chi connectivity index (χ2v) is 4.10. The fourth-order valence-electron chi connectivity index (χ4n) is 1.71. The van der Waals surface area contributed by atoms with E-state index in [1.54, 1.807) is 17.0 Å². The highest BCUT2D eigenvalue weighted by molar-refractivity contribution is 5.89. The van der Waals surface area contributed by atoms with E-state index in [-0.39, 0.29) is 12.6 Å². The van der Waals surface area contributed by atoms with Crippen LogP contribution in [0.1, 0.15) is 20.3 Å². The molecule has 1 aromatic carbocycles. The fourth-order valence-corrected chi connectivity index (χ4v) is 1.71. The summed E-state index contributed by atoms with van der Waals surface area (Å²) < 4.78 is 5.33. The Morgan fingerprint density at radius 1 is 1.26 bits per heavy atom. The van der Waals surface area contributed by atoms with E-state index in [0.29, 0.717) is 25.4 Å². The Morgan fingerprint density at radius 3 is 2.47 bits per heavy atom. The van der Waals surface area contributed by atoms with Crippen LogP contribution in [0.4, 0.5) is 10.5 Å². The molecule has 0 aromatic heterocycles. The van der Waals surface area contributed by atoms with Crippen molar-refractivity contribution in [1.82, 2.24) is 4.90 Å². The van der Waals surface area contributed by atoms with E-state index >= 15 is 0 Å². The van der Waals surface area contributed by atoms with Crippen LogP contribution in [0.15, 0.2) is 24.3 Å². The summed E-state index contributed by atoms with van der Waals surface area (Å²) in [5.41, 5.74) is 0.715. The summed E-state index contributed by atoms with van der Waals surface area (Å²) in [7, 11) is 0. The minimum atomic E-state index is -0.194. The number of ether oxygens (including phenoxy) is 1. The van der Waals surface area contributed by atoms with Crippen LogP contribution in [-0.4, -0.2) is 42.3 Å². The van der Waals surface area contributed by atoms with Crippen LogP contribution in [0.25, 0.3) is 0 Å². The molecule has 0 aliphatic heterocycles. The Bertz CT molecular complexity index is 373. The number of hydrogen-bond acceptors (Lipinski definition) is 3. The van der Waals surface area contributed by atoms with E-state index in [9.17, 15) is 4.79 Å². The van der Waals surface area contributed by atoms with Crippen molar-refractivity contribution in [3.05, 3.63) is 24.3 Å². The van der Waals surface area contributed by atoms with Gasteiger partial charge in [-0.25, -0.2) is 4.79 Å². The Kier molecular flexibility index (Phi) is 6.74. The van der Waals surface area contributed by atoms with Gasteiger partial charge in [-0.1, -0.05) is 6.92 Å². The van der Waals surface area contributed by atoms with Crippen LogP contribution in [0, 0.1) is 0 Å². The molecule has 106 valence electrons. The van der Waals surface area contributed by atoms with Crippen molar-refractivity contribution in [2.75, 3.05) is 31.6 Å². The number of aliphatic hydroxyl groups excluding tert-OH is 1. The molecular formula is C14H22N2O3. The van der Waals surface area contributed by atoms with Gasteiger partial charge in [0.15, 0.2) is 0 Å². The molecule has 0 saturated carbocycles. The van der Waals surface area contributed by atoms with Crippen molar-refractivity contribution in [3.8, 4) is 5.75 Å². The third-order valence-electron chi connectivity index (χ3n) is 2.57. The number of nitrogens with one attached hydrogen (secondary N) is 1. The lowest BCUT2D eigenvalue weighted by molar-refractivity contribution is 0.188. The van der Waals surface area contributed by atoms with Gasteiger partial charge in [0, 0.05) is 18.8 Å². The van der Waals surface area contributed by atoms with Crippen molar-refractivity contribution in [3.63, 3.8) is 0 Å². The van der Waals surface area contributed by atoms with Gasteiger partial charge in [-0.3, -0.25) is 0 Å². The number of hydrogen-bond donors (Lipinski definition) is 2. The highest BCUT2D eigenvalue weighted by atomic mass is 16.5. The first-order valence-corrected chi connectivity index (χ1v) is 6.60. The third-order valence-corrected chi connectivity index (χ3v) is 2.57. The number of carbonyl (C=O) groups excluding carboxylic acids is 1. The first kappa shape index (κ1) is 15.3. The molecule has 5 heteroatoms. The number of aliphatic hydroxyl groups is 1. The highest BCUT2D eigenvalue weighted by Crippen LogP contribution is 2.16. The number of benzene rings is 1. The summed E-state index contributed by atoms with van der Waals surface area (Å²) >= 11 is 0. The molecule has 0 aliphatic carbocycles. The van der Waals surface area contributed by atoms with Crippen molar-refractivity contribution >= 4 is 11.7 Å². The first-order chi connectivity index (χ1) is 9.21. The molecule has 2 amide bonds. The molecule has 1 rings (SSSR count). The maximum atomic E-state index is 12.0. The standard InChI is InChI=1S/C14H22N2O3/c1-3-9-16(10-11-17)14(18)15-12-5-7-13(8-6-12)19-4-2/h5-8,17H,3-4,9-11H2,1-2H3,(H,15,18). The average molecular weight is 266 g/mol. The molecule has 1 aromatic rings. The summed E-state index contributed by atoms with van der Waals surface area (Å²) in [5.74, 6) is 0.779. The van der Waals surface area contributed by atoms with Crippen LogP contribution >= 0.6 is 0 Å². The largest absolute Gasteiger partial charge is 0.494 e. The van der Waals surface area contributed by atoms with Crippen LogP contribution in [0.3, 0.4) is 0 Å². The molecule has 0 fully saturated rings. The van der Waals surface area contributed by atoms with Gasteiger partial charge < -0.3 is 20.1 Å². The van der Waals surface area contributed by atoms with Crippen LogP contribution < -0.4 is 10.1 Å². The molecule has 0 aliphatic rings. The van der Waals surface area contributed by atoms with E-state index in [1.807, 2.05) is 26.0 Å². The van der Waals surface area contributed by atoms with E-state index < -0.39 is 0 Å².